The van der Waals surface area contributed by atoms with Crippen molar-refractivity contribution in [1.29, 1.82) is 0 Å². The molecular formula is C18H22O2. The molecule has 106 valence electrons. The van der Waals surface area contributed by atoms with Crippen molar-refractivity contribution in [2.24, 2.45) is 11.8 Å². The van der Waals surface area contributed by atoms with Crippen LogP contribution in [-0.4, -0.2) is 12.9 Å². The molecule has 0 spiro atoms. The number of hydrogen-bond acceptors (Lipinski definition) is 2. The first-order valence-corrected chi connectivity index (χ1v) is 7.67. The first kappa shape index (κ1) is 13.4. The number of Topliss-reactive ketones (excluding diaryl/α,β-unsaturated/α-hetero) is 1. The zero-order valence-corrected chi connectivity index (χ0v) is 12.1. The molecule has 0 saturated heterocycles. The lowest BCUT2D eigenvalue weighted by Crippen LogP contribution is -2.16. The van der Waals surface area contributed by atoms with Crippen LogP contribution in [0.2, 0.25) is 0 Å². The van der Waals surface area contributed by atoms with Crippen LogP contribution < -0.4 is 4.74 Å². The number of hydrogen-bond donors (Lipinski definition) is 0. The second-order valence-electron chi connectivity index (χ2n) is 6.00. The van der Waals surface area contributed by atoms with Gasteiger partial charge in [-0.25, -0.2) is 0 Å². The minimum absolute atomic E-state index is 0.300. The monoisotopic (exact) mass is 270 g/mol. The summed E-state index contributed by atoms with van der Waals surface area (Å²) in [5.74, 6) is 2.20. The predicted octanol–water partition coefficient (Wildman–Crippen LogP) is 4.25. The Kier molecular flexibility index (Phi) is 3.90. The van der Waals surface area contributed by atoms with E-state index >= 15 is 0 Å². The number of methoxy groups -OCH3 is 1. The molecule has 0 bridgehead atoms. The van der Waals surface area contributed by atoms with Gasteiger partial charge >= 0.3 is 0 Å². The van der Waals surface area contributed by atoms with Gasteiger partial charge in [-0.2, -0.15) is 0 Å². The van der Waals surface area contributed by atoms with Gasteiger partial charge in [-0.05, 0) is 60.9 Å². The van der Waals surface area contributed by atoms with Gasteiger partial charge in [0.2, 0.25) is 0 Å². The van der Waals surface area contributed by atoms with Crippen LogP contribution in [0.4, 0.5) is 0 Å². The van der Waals surface area contributed by atoms with Gasteiger partial charge in [-0.15, -0.1) is 0 Å². The molecule has 0 aliphatic heterocycles. The maximum atomic E-state index is 12.6. The highest BCUT2D eigenvalue weighted by atomic mass is 16.5. The topological polar surface area (TPSA) is 26.3 Å². The van der Waals surface area contributed by atoms with E-state index in [1.165, 1.54) is 25.7 Å². The summed E-state index contributed by atoms with van der Waals surface area (Å²) in [6.07, 6.45) is 9.18. The van der Waals surface area contributed by atoms with Crippen molar-refractivity contribution in [3.8, 4) is 5.75 Å². The van der Waals surface area contributed by atoms with Gasteiger partial charge in [0.1, 0.15) is 5.75 Å². The quantitative estimate of drug-likeness (QED) is 0.768. The van der Waals surface area contributed by atoms with Crippen molar-refractivity contribution < 1.29 is 9.53 Å². The summed E-state index contributed by atoms with van der Waals surface area (Å²) in [7, 11) is 1.67. The van der Waals surface area contributed by atoms with E-state index in [2.05, 4.69) is 6.08 Å². The normalized spacial score (nSPS) is 25.6. The third-order valence-electron chi connectivity index (χ3n) is 4.78. The predicted molar refractivity (Wildman–Crippen MR) is 80.7 cm³/mol. The molecule has 20 heavy (non-hydrogen) atoms. The summed E-state index contributed by atoms with van der Waals surface area (Å²) in [6.45, 7) is 0. The number of allylic oxidation sites excluding steroid dienone is 1. The highest BCUT2D eigenvalue weighted by Crippen LogP contribution is 2.40. The highest BCUT2D eigenvalue weighted by molar-refractivity contribution is 6.03. The van der Waals surface area contributed by atoms with Crippen molar-refractivity contribution in [3.05, 3.63) is 35.4 Å². The summed E-state index contributed by atoms with van der Waals surface area (Å²) < 4.78 is 5.23. The van der Waals surface area contributed by atoms with Gasteiger partial charge in [-0.1, -0.05) is 25.0 Å². The van der Waals surface area contributed by atoms with Gasteiger partial charge in [0, 0.05) is 5.92 Å². The molecule has 3 rings (SSSR count). The average molecular weight is 270 g/mol. The van der Waals surface area contributed by atoms with Crippen molar-refractivity contribution in [3.63, 3.8) is 0 Å². The second-order valence-corrected chi connectivity index (χ2v) is 6.00. The van der Waals surface area contributed by atoms with Crippen molar-refractivity contribution in [2.45, 2.75) is 38.5 Å². The molecule has 2 fully saturated rings. The van der Waals surface area contributed by atoms with Crippen LogP contribution in [0.15, 0.2) is 29.8 Å². The van der Waals surface area contributed by atoms with Crippen LogP contribution >= 0.6 is 0 Å². The van der Waals surface area contributed by atoms with Gasteiger partial charge in [0.25, 0.3) is 0 Å². The van der Waals surface area contributed by atoms with Crippen LogP contribution in [0.3, 0.4) is 0 Å². The van der Waals surface area contributed by atoms with E-state index in [-0.39, 0.29) is 0 Å². The molecule has 0 unspecified atom stereocenters. The Morgan fingerprint density at radius 1 is 1.20 bits per heavy atom. The van der Waals surface area contributed by atoms with Crippen LogP contribution in [-0.2, 0) is 4.79 Å². The molecule has 0 radical (unpaired) electrons. The number of ketones is 1. The molecule has 0 heterocycles. The van der Waals surface area contributed by atoms with E-state index in [1.807, 2.05) is 24.3 Å². The Balaban J connectivity index is 1.77. The van der Waals surface area contributed by atoms with Crippen LogP contribution in [0.25, 0.3) is 6.08 Å². The maximum Gasteiger partial charge on any atom is 0.162 e. The van der Waals surface area contributed by atoms with E-state index < -0.39 is 0 Å². The molecule has 2 nitrogen and oxygen atoms in total. The number of carbonyl (C=O) groups is 1. The third-order valence-corrected chi connectivity index (χ3v) is 4.78. The van der Waals surface area contributed by atoms with E-state index in [0.29, 0.717) is 17.6 Å². The van der Waals surface area contributed by atoms with Gasteiger partial charge < -0.3 is 4.74 Å². The van der Waals surface area contributed by atoms with Crippen molar-refractivity contribution >= 4 is 11.9 Å². The zero-order chi connectivity index (χ0) is 13.9. The first-order chi connectivity index (χ1) is 9.78. The van der Waals surface area contributed by atoms with Crippen LogP contribution in [0, 0.1) is 11.8 Å². The molecular weight excluding hydrogens is 248 g/mol. The SMILES string of the molecule is COc1cccc(/C=C2\CC[C@H](C3CCCC3)C2=O)c1. The molecule has 0 aromatic heterocycles. The first-order valence-electron chi connectivity index (χ1n) is 7.67. The summed E-state index contributed by atoms with van der Waals surface area (Å²) in [5.41, 5.74) is 2.08. The second kappa shape index (κ2) is 5.82. The van der Waals surface area contributed by atoms with Gasteiger partial charge in [-0.3, -0.25) is 4.79 Å². The largest absolute Gasteiger partial charge is 0.497 e. The van der Waals surface area contributed by atoms with Crippen molar-refractivity contribution in [1.82, 2.24) is 0 Å². The molecule has 0 N–H and O–H groups in total. The molecule has 1 aromatic carbocycles. The summed E-state index contributed by atoms with van der Waals surface area (Å²) in [5, 5.41) is 0. The number of rotatable bonds is 3. The van der Waals surface area contributed by atoms with E-state index in [4.69, 9.17) is 4.74 Å². The average Bonchev–Trinajstić information content (AvgIpc) is 3.10. The smallest absolute Gasteiger partial charge is 0.162 e. The summed E-state index contributed by atoms with van der Waals surface area (Å²) >= 11 is 0. The number of carbonyl (C=O) groups excluding carboxylic acids is 1. The fraction of sp³-hybridized carbons (Fsp3) is 0.500. The molecule has 2 aliphatic rings. The van der Waals surface area contributed by atoms with E-state index in [9.17, 15) is 4.79 Å². The lowest BCUT2D eigenvalue weighted by Gasteiger charge is -2.15. The summed E-state index contributed by atoms with van der Waals surface area (Å²) in [6, 6.07) is 7.92. The third kappa shape index (κ3) is 2.65. The Morgan fingerprint density at radius 2 is 2.00 bits per heavy atom. The maximum absolute atomic E-state index is 12.6. The minimum atomic E-state index is 0.300. The lowest BCUT2D eigenvalue weighted by atomic mass is 9.88. The fourth-order valence-corrected chi connectivity index (χ4v) is 3.69. The minimum Gasteiger partial charge on any atom is -0.497 e. The molecule has 0 amide bonds. The van der Waals surface area contributed by atoms with Crippen molar-refractivity contribution in [2.75, 3.05) is 7.11 Å². The molecule has 2 aliphatic carbocycles. The van der Waals surface area contributed by atoms with E-state index in [0.717, 1.165) is 29.7 Å². The Hall–Kier alpha value is -1.57. The van der Waals surface area contributed by atoms with Gasteiger partial charge in [0.05, 0.1) is 7.11 Å². The van der Waals surface area contributed by atoms with E-state index in [1.54, 1.807) is 7.11 Å². The van der Waals surface area contributed by atoms with Crippen LogP contribution in [0.5, 0.6) is 5.75 Å². The standard InChI is InChI=1S/C18H22O2/c1-20-16-8-4-5-13(12-16)11-15-9-10-17(18(15)19)14-6-2-3-7-14/h4-5,8,11-12,14,17H,2-3,6-7,9-10H2,1H3/b15-11+/t17-/m1/s1. The molecule has 1 aromatic rings. The summed E-state index contributed by atoms with van der Waals surface area (Å²) in [4.78, 5) is 12.6. The zero-order valence-electron chi connectivity index (χ0n) is 12.1. The number of ether oxygens (including phenoxy) is 1. The Bertz CT molecular complexity index is 524. The molecule has 2 heteroatoms. The molecule has 1 atom stereocenters. The fourth-order valence-electron chi connectivity index (χ4n) is 3.69. The lowest BCUT2D eigenvalue weighted by molar-refractivity contribution is -0.119. The van der Waals surface area contributed by atoms with Gasteiger partial charge in [0.15, 0.2) is 5.78 Å². The Morgan fingerprint density at radius 3 is 2.75 bits per heavy atom. The highest BCUT2D eigenvalue weighted by Gasteiger charge is 2.36. The number of benzene rings is 1. The van der Waals surface area contributed by atoms with Crippen LogP contribution in [0.1, 0.15) is 44.1 Å². The molecule has 2 saturated carbocycles. The Labute approximate surface area is 120 Å².